The highest BCUT2D eigenvalue weighted by atomic mass is 16.2. The van der Waals surface area contributed by atoms with E-state index < -0.39 is 0 Å². The molecule has 0 aromatic carbocycles. The third-order valence-electron chi connectivity index (χ3n) is 5.14. The van der Waals surface area contributed by atoms with Crippen molar-refractivity contribution < 1.29 is 9.59 Å². The Balaban J connectivity index is 1.93. The van der Waals surface area contributed by atoms with Gasteiger partial charge in [0.2, 0.25) is 11.8 Å². The number of nitrogens with two attached hydrogens (primary N) is 1. The zero-order valence-corrected chi connectivity index (χ0v) is 13.5. The molecular formula is C16H29N3O2. The van der Waals surface area contributed by atoms with Gasteiger partial charge in [-0.3, -0.25) is 9.59 Å². The van der Waals surface area contributed by atoms with Gasteiger partial charge >= 0.3 is 0 Å². The lowest BCUT2D eigenvalue weighted by atomic mass is 9.87. The Morgan fingerprint density at radius 2 is 1.95 bits per heavy atom. The molecule has 1 aliphatic heterocycles. The highest BCUT2D eigenvalue weighted by Gasteiger charge is 2.38. The summed E-state index contributed by atoms with van der Waals surface area (Å²) in [6.45, 7) is 7.92. The molecule has 0 radical (unpaired) electrons. The van der Waals surface area contributed by atoms with Gasteiger partial charge in [-0.1, -0.05) is 13.8 Å². The molecule has 2 aliphatic rings. The minimum absolute atomic E-state index is 0.0462. The highest BCUT2D eigenvalue weighted by Crippen LogP contribution is 2.32. The van der Waals surface area contributed by atoms with Crippen LogP contribution in [0.1, 0.15) is 46.5 Å². The Hall–Kier alpha value is -1.10. The van der Waals surface area contributed by atoms with Gasteiger partial charge in [0, 0.05) is 25.6 Å². The summed E-state index contributed by atoms with van der Waals surface area (Å²) in [4.78, 5) is 26.6. The van der Waals surface area contributed by atoms with E-state index in [0.29, 0.717) is 13.1 Å². The summed E-state index contributed by atoms with van der Waals surface area (Å²) in [5, 5.41) is 3.11. The molecule has 120 valence electrons. The Morgan fingerprint density at radius 3 is 2.48 bits per heavy atom. The van der Waals surface area contributed by atoms with Crippen LogP contribution in [0, 0.1) is 17.8 Å². The standard InChI is InChI=1S/C16H29N3O2/c1-11(2)16(3,10-17)18-14(20)13-5-4-8-19(9-13)15(21)12-6-7-12/h11-13H,4-10,17H2,1-3H3,(H,18,20). The molecule has 0 bridgehead atoms. The minimum atomic E-state index is -0.375. The first-order valence-corrected chi connectivity index (χ1v) is 8.18. The molecule has 2 atom stereocenters. The third kappa shape index (κ3) is 3.76. The molecule has 2 unspecified atom stereocenters. The van der Waals surface area contributed by atoms with Crippen LogP contribution < -0.4 is 11.1 Å². The number of carbonyl (C=O) groups excluding carboxylic acids is 2. The number of amides is 2. The maximum atomic E-state index is 12.5. The Morgan fingerprint density at radius 1 is 1.29 bits per heavy atom. The average molecular weight is 295 g/mol. The van der Waals surface area contributed by atoms with E-state index in [1.807, 2.05) is 11.8 Å². The summed E-state index contributed by atoms with van der Waals surface area (Å²) in [6.07, 6.45) is 3.81. The van der Waals surface area contributed by atoms with Crippen LogP contribution in [0.25, 0.3) is 0 Å². The van der Waals surface area contributed by atoms with Gasteiger partial charge in [-0.15, -0.1) is 0 Å². The maximum absolute atomic E-state index is 12.5. The molecule has 1 saturated carbocycles. The molecule has 2 fully saturated rings. The molecule has 1 heterocycles. The number of piperidine rings is 1. The first kappa shape index (κ1) is 16.3. The molecular weight excluding hydrogens is 266 g/mol. The molecule has 0 spiro atoms. The van der Waals surface area contributed by atoms with Crippen molar-refractivity contribution in [2.75, 3.05) is 19.6 Å². The molecule has 21 heavy (non-hydrogen) atoms. The number of rotatable bonds is 5. The zero-order valence-electron chi connectivity index (χ0n) is 13.5. The van der Waals surface area contributed by atoms with Crippen LogP contribution in [0.5, 0.6) is 0 Å². The van der Waals surface area contributed by atoms with Gasteiger partial charge in [-0.05, 0) is 38.5 Å². The topological polar surface area (TPSA) is 75.4 Å². The quantitative estimate of drug-likeness (QED) is 0.798. The van der Waals surface area contributed by atoms with Crippen LogP contribution in [0.2, 0.25) is 0 Å². The third-order valence-corrected chi connectivity index (χ3v) is 5.14. The fraction of sp³-hybridized carbons (Fsp3) is 0.875. The lowest BCUT2D eigenvalue weighted by molar-refractivity contribution is -0.137. The molecule has 3 N–H and O–H groups in total. The van der Waals surface area contributed by atoms with Crippen LogP contribution >= 0.6 is 0 Å². The smallest absolute Gasteiger partial charge is 0.225 e. The Kier molecular flexibility index (Phi) is 4.91. The molecule has 0 aromatic heterocycles. The van der Waals surface area contributed by atoms with Crippen molar-refractivity contribution in [2.45, 2.75) is 52.0 Å². The van der Waals surface area contributed by atoms with Crippen molar-refractivity contribution in [1.82, 2.24) is 10.2 Å². The second kappa shape index (κ2) is 6.34. The predicted octanol–water partition coefficient (Wildman–Crippen LogP) is 1.12. The number of nitrogens with one attached hydrogen (secondary N) is 1. The number of hydrogen-bond acceptors (Lipinski definition) is 3. The Labute approximate surface area is 127 Å². The summed E-state index contributed by atoms with van der Waals surface area (Å²) < 4.78 is 0. The molecule has 0 aromatic rings. The van der Waals surface area contributed by atoms with Crippen molar-refractivity contribution in [1.29, 1.82) is 0 Å². The minimum Gasteiger partial charge on any atom is -0.349 e. The van der Waals surface area contributed by atoms with Gasteiger partial charge in [0.1, 0.15) is 0 Å². The molecule has 5 nitrogen and oxygen atoms in total. The largest absolute Gasteiger partial charge is 0.349 e. The number of likely N-dealkylation sites (tertiary alicyclic amines) is 1. The van der Waals surface area contributed by atoms with E-state index in [9.17, 15) is 9.59 Å². The molecule has 1 saturated heterocycles. The fourth-order valence-corrected chi connectivity index (χ4v) is 2.79. The van der Waals surface area contributed by atoms with Crippen LogP contribution in [0.15, 0.2) is 0 Å². The summed E-state index contributed by atoms with van der Waals surface area (Å²) >= 11 is 0. The summed E-state index contributed by atoms with van der Waals surface area (Å²) in [7, 11) is 0. The van der Waals surface area contributed by atoms with Crippen LogP contribution in [-0.2, 0) is 9.59 Å². The van der Waals surface area contributed by atoms with Crippen LogP contribution in [0.3, 0.4) is 0 Å². The van der Waals surface area contributed by atoms with Crippen LogP contribution in [0.4, 0.5) is 0 Å². The second-order valence-corrected chi connectivity index (χ2v) is 7.16. The first-order valence-electron chi connectivity index (χ1n) is 8.18. The Bertz CT molecular complexity index is 406. The van der Waals surface area contributed by atoms with E-state index in [1.54, 1.807) is 0 Å². The molecule has 2 amide bonds. The van der Waals surface area contributed by atoms with E-state index in [4.69, 9.17) is 5.73 Å². The zero-order chi connectivity index (χ0) is 15.6. The summed E-state index contributed by atoms with van der Waals surface area (Å²) in [6, 6.07) is 0. The lowest BCUT2D eigenvalue weighted by Gasteiger charge is -2.37. The van der Waals surface area contributed by atoms with Crippen molar-refractivity contribution >= 4 is 11.8 Å². The van der Waals surface area contributed by atoms with Gasteiger partial charge in [0.15, 0.2) is 0 Å². The van der Waals surface area contributed by atoms with Gasteiger partial charge < -0.3 is 16.0 Å². The number of nitrogens with zero attached hydrogens (tertiary/aromatic N) is 1. The van der Waals surface area contributed by atoms with E-state index in [2.05, 4.69) is 19.2 Å². The number of carbonyl (C=O) groups is 2. The predicted molar refractivity (Wildman–Crippen MR) is 82.5 cm³/mol. The summed E-state index contributed by atoms with van der Waals surface area (Å²) in [5.41, 5.74) is 5.45. The number of hydrogen-bond donors (Lipinski definition) is 2. The van der Waals surface area contributed by atoms with E-state index in [1.165, 1.54) is 0 Å². The van der Waals surface area contributed by atoms with Gasteiger partial charge in [-0.2, -0.15) is 0 Å². The second-order valence-electron chi connectivity index (χ2n) is 7.16. The highest BCUT2D eigenvalue weighted by molar-refractivity contribution is 5.83. The maximum Gasteiger partial charge on any atom is 0.225 e. The van der Waals surface area contributed by atoms with Crippen molar-refractivity contribution in [2.24, 2.45) is 23.5 Å². The summed E-state index contributed by atoms with van der Waals surface area (Å²) in [5.74, 6) is 0.713. The molecule has 5 heteroatoms. The normalized spacial score (nSPS) is 25.6. The van der Waals surface area contributed by atoms with Crippen LogP contribution in [-0.4, -0.2) is 41.9 Å². The van der Waals surface area contributed by atoms with Gasteiger partial charge in [0.05, 0.1) is 11.5 Å². The van der Waals surface area contributed by atoms with E-state index in [-0.39, 0.29) is 35.1 Å². The van der Waals surface area contributed by atoms with Crippen molar-refractivity contribution in [3.63, 3.8) is 0 Å². The molecule has 1 aliphatic carbocycles. The molecule has 2 rings (SSSR count). The SMILES string of the molecule is CC(C)C(C)(CN)NC(=O)C1CCCN(C(=O)C2CC2)C1. The monoisotopic (exact) mass is 295 g/mol. The fourth-order valence-electron chi connectivity index (χ4n) is 2.79. The van der Waals surface area contributed by atoms with E-state index in [0.717, 1.165) is 32.2 Å². The van der Waals surface area contributed by atoms with Gasteiger partial charge in [0.25, 0.3) is 0 Å². The average Bonchev–Trinajstić information content (AvgIpc) is 3.30. The van der Waals surface area contributed by atoms with E-state index >= 15 is 0 Å². The van der Waals surface area contributed by atoms with Gasteiger partial charge in [-0.25, -0.2) is 0 Å². The lowest BCUT2D eigenvalue weighted by Crippen LogP contribution is -2.58. The first-order chi connectivity index (χ1) is 9.87. The van der Waals surface area contributed by atoms with Crippen molar-refractivity contribution in [3.05, 3.63) is 0 Å². The van der Waals surface area contributed by atoms with Crippen molar-refractivity contribution in [3.8, 4) is 0 Å².